The van der Waals surface area contributed by atoms with E-state index in [2.05, 4.69) is 25.5 Å². The van der Waals surface area contributed by atoms with Gasteiger partial charge in [0.2, 0.25) is 5.88 Å². The number of carbonyl (C=O) groups excluding carboxylic acids is 1. The van der Waals surface area contributed by atoms with Crippen molar-refractivity contribution in [1.29, 1.82) is 0 Å². The van der Waals surface area contributed by atoms with Crippen LogP contribution in [0.25, 0.3) is 11.5 Å². The van der Waals surface area contributed by atoms with Gasteiger partial charge in [-0.2, -0.15) is 0 Å². The Morgan fingerprint density at radius 1 is 1.23 bits per heavy atom. The van der Waals surface area contributed by atoms with E-state index in [4.69, 9.17) is 4.65 Å². The summed E-state index contributed by atoms with van der Waals surface area (Å²) >= 11 is 0. The van der Waals surface area contributed by atoms with Crippen LogP contribution in [0.15, 0.2) is 42.9 Å². The summed E-state index contributed by atoms with van der Waals surface area (Å²) in [6.07, 6.45) is 3.11. The molecule has 3 aromatic rings. The van der Waals surface area contributed by atoms with Crippen LogP contribution in [0.4, 0.5) is 5.82 Å². The van der Waals surface area contributed by atoms with Gasteiger partial charge in [0.15, 0.2) is 5.82 Å². The van der Waals surface area contributed by atoms with Crippen LogP contribution in [0, 0.1) is 0 Å². The third kappa shape index (κ3) is 2.08. The first-order chi connectivity index (χ1) is 10.8. The highest BCUT2D eigenvalue weighted by atomic mass is 16.4. The molecule has 3 aromatic heterocycles. The second-order valence-corrected chi connectivity index (χ2v) is 4.62. The summed E-state index contributed by atoms with van der Waals surface area (Å²) in [5.41, 5.74) is 0.934. The summed E-state index contributed by atoms with van der Waals surface area (Å²) in [4.78, 5) is 20.8. The standard InChI is InChI=1S/C13H9BN6O2/c21-12-8-3-2-6-15-13(8)22-14-20-7-16-19-11(20)9-4-1-5-10(17-9)18-12/h1-7,14H,(H,17,18,21). The number of nitrogens with zero attached hydrogens (tertiary/aromatic N) is 5. The maximum atomic E-state index is 12.3. The van der Waals surface area contributed by atoms with E-state index >= 15 is 0 Å². The number of nitrogens with one attached hydrogen (secondary N) is 1. The van der Waals surface area contributed by atoms with Gasteiger partial charge in [0.05, 0.1) is 0 Å². The van der Waals surface area contributed by atoms with Crippen LogP contribution in [0.1, 0.15) is 10.4 Å². The third-order valence-electron chi connectivity index (χ3n) is 3.19. The van der Waals surface area contributed by atoms with Crippen molar-refractivity contribution in [2.75, 3.05) is 5.32 Å². The van der Waals surface area contributed by atoms with Crippen molar-refractivity contribution in [3.05, 3.63) is 48.4 Å². The highest BCUT2D eigenvalue weighted by molar-refractivity contribution is 6.27. The maximum absolute atomic E-state index is 12.3. The van der Waals surface area contributed by atoms with Crippen LogP contribution < -0.4 is 9.97 Å². The molecule has 0 spiro atoms. The second kappa shape index (κ2) is 4.95. The van der Waals surface area contributed by atoms with Crippen LogP contribution in [-0.2, 0) is 0 Å². The van der Waals surface area contributed by atoms with Crippen molar-refractivity contribution >= 4 is 19.3 Å². The molecule has 1 amide bonds. The molecule has 0 fully saturated rings. The molecule has 9 heteroatoms. The van der Waals surface area contributed by atoms with Crippen LogP contribution in [0.2, 0.25) is 0 Å². The Hall–Kier alpha value is -3.23. The normalized spacial score (nSPS) is 12.8. The Morgan fingerprint density at radius 3 is 3.14 bits per heavy atom. The molecule has 1 N–H and O–H groups in total. The van der Waals surface area contributed by atoms with Crippen LogP contribution in [0.5, 0.6) is 5.88 Å². The number of carbonyl (C=O) groups is 1. The zero-order chi connectivity index (χ0) is 14.9. The molecule has 4 heterocycles. The van der Waals surface area contributed by atoms with E-state index in [-0.39, 0.29) is 19.4 Å². The Bertz CT molecular complexity index is 865. The number of pyridine rings is 2. The van der Waals surface area contributed by atoms with Crippen molar-refractivity contribution in [3.63, 3.8) is 0 Å². The molecule has 0 radical (unpaired) electrons. The Morgan fingerprint density at radius 2 is 2.18 bits per heavy atom. The second-order valence-electron chi connectivity index (χ2n) is 4.62. The SMILES string of the molecule is O=C1Nc2cccc(n2)-c2nncn2BOc2ncccc21. The molecule has 2 bridgehead atoms. The first-order valence-electron chi connectivity index (χ1n) is 6.56. The van der Waals surface area contributed by atoms with E-state index in [9.17, 15) is 4.79 Å². The lowest BCUT2D eigenvalue weighted by Gasteiger charge is -2.09. The molecule has 0 saturated heterocycles. The molecule has 0 aliphatic carbocycles. The first-order valence-corrected chi connectivity index (χ1v) is 6.56. The van der Waals surface area contributed by atoms with Gasteiger partial charge in [0.25, 0.3) is 5.91 Å². The minimum atomic E-state index is -0.328. The Kier molecular flexibility index (Phi) is 2.82. The van der Waals surface area contributed by atoms with Crippen LogP contribution in [0.3, 0.4) is 0 Å². The van der Waals surface area contributed by atoms with Gasteiger partial charge in [-0.05, 0) is 24.3 Å². The fraction of sp³-hybridized carbons (Fsp3) is 0. The van der Waals surface area contributed by atoms with E-state index in [1.807, 2.05) is 0 Å². The molecule has 22 heavy (non-hydrogen) atoms. The molecular formula is C13H9BN6O2. The van der Waals surface area contributed by atoms with E-state index in [1.54, 1.807) is 47.3 Å². The number of rotatable bonds is 0. The van der Waals surface area contributed by atoms with Gasteiger partial charge in [0.1, 0.15) is 23.4 Å². The highest BCUT2D eigenvalue weighted by Crippen LogP contribution is 2.20. The number of anilines is 1. The molecule has 4 rings (SSSR count). The number of amides is 1. The summed E-state index contributed by atoms with van der Waals surface area (Å²) in [7, 11) is 0.130. The van der Waals surface area contributed by atoms with Crippen molar-refractivity contribution in [2.24, 2.45) is 0 Å². The van der Waals surface area contributed by atoms with Crippen molar-refractivity contribution < 1.29 is 9.45 Å². The lowest BCUT2D eigenvalue weighted by atomic mass is 10.2. The molecule has 8 nitrogen and oxygen atoms in total. The average molecular weight is 292 g/mol. The number of hydrogen-bond acceptors (Lipinski definition) is 6. The number of aromatic nitrogens is 5. The van der Waals surface area contributed by atoms with Crippen molar-refractivity contribution in [2.45, 2.75) is 0 Å². The Balaban J connectivity index is 1.88. The fourth-order valence-electron chi connectivity index (χ4n) is 2.17. The fourth-order valence-corrected chi connectivity index (χ4v) is 2.17. The van der Waals surface area contributed by atoms with E-state index < -0.39 is 0 Å². The predicted octanol–water partition coefficient (Wildman–Crippen LogP) is 0.494. The Labute approximate surface area is 125 Å². The van der Waals surface area contributed by atoms with Gasteiger partial charge in [-0.3, -0.25) is 4.79 Å². The summed E-state index contributed by atoms with van der Waals surface area (Å²) in [5.74, 6) is 0.893. The minimum Gasteiger partial charge on any atom is -0.529 e. The third-order valence-corrected chi connectivity index (χ3v) is 3.19. The minimum absolute atomic E-state index is 0.130. The van der Waals surface area contributed by atoms with Crippen LogP contribution in [-0.4, -0.2) is 38.2 Å². The maximum Gasteiger partial charge on any atom is 0.471 e. The zero-order valence-electron chi connectivity index (χ0n) is 11.3. The summed E-state index contributed by atoms with van der Waals surface area (Å²) in [5, 5.41) is 10.7. The van der Waals surface area contributed by atoms with Crippen molar-refractivity contribution in [1.82, 2.24) is 24.6 Å². The molecule has 1 aliphatic heterocycles. The quantitative estimate of drug-likeness (QED) is 0.606. The lowest BCUT2D eigenvalue weighted by Crippen LogP contribution is -2.18. The van der Waals surface area contributed by atoms with Gasteiger partial charge in [-0.25, -0.2) is 9.97 Å². The summed E-state index contributed by atoms with van der Waals surface area (Å²) in [6.45, 7) is 0. The van der Waals surface area contributed by atoms with Gasteiger partial charge < -0.3 is 14.4 Å². The van der Waals surface area contributed by atoms with Gasteiger partial charge in [0, 0.05) is 6.20 Å². The van der Waals surface area contributed by atoms with Gasteiger partial charge >= 0.3 is 7.62 Å². The van der Waals surface area contributed by atoms with Gasteiger partial charge in [-0.15, -0.1) is 10.2 Å². The van der Waals surface area contributed by atoms with Crippen LogP contribution >= 0.6 is 0 Å². The molecule has 0 unspecified atom stereocenters. The topological polar surface area (TPSA) is 94.8 Å². The molecule has 0 saturated carbocycles. The molecule has 106 valence electrons. The number of hydrogen-bond donors (Lipinski definition) is 1. The van der Waals surface area contributed by atoms with Gasteiger partial charge in [-0.1, -0.05) is 6.07 Å². The number of fused-ring (bicyclic) bond motifs is 5. The largest absolute Gasteiger partial charge is 0.529 e. The molecule has 1 aliphatic rings. The average Bonchev–Trinajstić information content (AvgIpc) is 3.01. The smallest absolute Gasteiger partial charge is 0.471 e. The van der Waals surface area contributed by atoms with E-state index in [0.29, 0.717) is 22.9 Å². The zero-order valence-corrected chi connectivity index (χ0v) is 11.3. The highest BCUT2D eigenvalue weighted by Gasteiger charge is 2.19. The lowest BCUT2D eigenvalue weighted by molar-refractivity contribution is 0.102. The summed E-state index contributed by atoms with van der Waals surface area (Å²) < 4.78 is 7.33. The monoisotopic (exact) mass is 292 g/mol. The molecular weight excluding hydrogens is 283 g/mol. The van der Waals surface area contributed by atoms with Crippen molar-refractivity contribution in [3.8, 4) is 17.4 Å². The summed E-state index contributed by atoms with van der Waals surface area (Å²) in [6, 6.07) is 8.61. The predicted molar refractivity (Wildman–Crippen MR) is 78.6 cm³/mol. The molecule has 0 atom stereocenters. The first kappa shape index (κ1) is 12.5. The molecule has 0 aromatic carbocycles. The van der Waals surface area contributed by atoms with E-state index in [1.165, 1.54) is 0 Å². The van der Waals surface area contributed by atoms with E-state index in [0.717, 1.165) is 0 Å².